The molecule has 0 saturated carbocycles. The van der Waals surface area contributed by atoms with Crippen LogP contribution in [0.3, 0.4) is 0 Å². The van der Waals surface area contributed by atoms with Crippen molar-refractivity contribution in [3.63, 3.8) is 0 Å². The number of nitrogens with one attached hydrogen (secondary N) is 1. The Labute approximate surface area is 148 Å². The van der Waals surface area contributed by atoms with Crippen LogP contribution in [-0.2, 0) is 4.74 Å². The fraction of sp³-hybridized carbons (Fsp3) is 0.611. The molecule has 1 aromatic carbocycles. The molecule has 1 N–H and O–H groups in total. The highest BCUT2D eigenvalue weighted by Gasteiger charge is 2.21. The molecule has 1 aromatic rings. The molecule has 4 nitrogen and oxygen atoms in total. The average Bonchev–Trinajstić information content (AvgIpc) is 2.45. The van der Waals surface area contributed by atoms with E-state index < -0.39 is 5.60 Å². The van der Waals surface area contributed by atoms with Crippen molar-refractivity contribution in [3.8, 4) is 0 Å². The van der Waals surface area contributed by atoms with Crippen molar-refractivity contribution >= 4 is 22.0 Å². The topological polar surface area (TPSA) is 41.6 Å². The van der Waals surface area contributed by atoms with E-state index in [2.05, 4.69) is 40.3 Å². The van der Waals surface area contributed by atoms with E-state index in [1.54, 1.807) is 4.90 Å². The monoisotopic (exact) mass is 384 g/mol. The molecule has 0 radical (unpaired) electrons. The van der Waals surface area contributed by atoms with Gasteiger partial charge in [-0.1, -0.05) is 35.0 Å². The minimum Gasteiger partial charge on any atom is -0.444 e. The summed E-state index contributed by atoms with van der Waals surface area (Å²) in [6, 6.07) is 8.61. The average molecular weight is 385 g/mol. The first kappa shape index (κ1) is 20.0. The quantitative estimate of drug-likeness (QED) is 0.737. The van der Waals surface area contributed by atoms with E-state index >= 15 is 0 Å². The lowest BCUT2D eigenvalue weighted by atomic mass is 10.0. The fourth-order valence-corrected chi connectivity index (χ4v) is 2.72. The van der Waals surface area contributed by atoms with E-state index in [-0.39, 0.29) is 12.1 Å². The van der Waals surface area contributed by atoms with Gasteiger partial charge in [0.05, 0.1) is 0 Å². The summed E-state index contributed by atoms with van der Waals surface area (Å²) in [6.07, 6.45) is 0.743. The molecule has 1 atom stereocenters. The van der Waals surface area contributed by atoms with Crippen LogP contribution in [0, 0.1) is 0 Å². The highest BCUT2D eigenvalue weighted by atomic mass is 79.9. The summed E-state index contributed by atoms with van der Waals surface area (Å²) in [6.45, 7) is 11.8. The van der Waals surface area contributed by atoms with Crippen molar-refractivity contribution in [2.45, 2.75) is 52.7 Å². The van der Waals surface area contributed by atoms with Gasteiger partial charge in [-0.3, -0.25) is 0 Å². The van der Waals surface area contributed by atoms with Crippen molar-refractivity contribution in [2.75, 3.05) is 19.6 Å². The molecule has 1 amide bonds. The molecular weight excluding hydrogens is 356 g/mol. The van der Waals surface area contributed by atoms with Crippen LogP contribution >= 0.6 is 15.9 Å². The summed E-state index contributed by atoms with van der Waals surface area (Å²) in [5, 5.41) is 3.53. The zero-order chi connectivity index (χ0) is 17.5. The lowest BCUT2D eigenvalue weighted by Gasteiger charge is -2.27. The molecule has 0 bridgehead atoms. The Morgan fingerprint density at radius 2 is 2.04 bits per heavy atom. The molecule has 1 rings (SSSR count). The second kappa shape index (κ2) is 9.28. The second-order valence-electron chi connectivity index (χ2n) is 6.53. The number of nitrogens with zero attached hydrogens (tertiary/aromatic N) is 1. The summed E-state index contributed by atoms with van der Waals surface area (Å²) < 4.78 is 6.51. The van der Waals surface area contributed by atoms with Crippen molar-refractivity contribution in [1.82, 2.24) is 10.2 Å². The SMILES string of the molecule is CCC(NCCN(CC)C(=O)OC(C)(C)C)c1cccc(Br)c1. The number of halogens is 1. The molecule has 0 saturated heterocycles. The first-order chi connectivity index (χ1) is 10.8. The minimum absolute atomic E-state index is 0.252. The fourth-order valence-electron chi connectivity index (χ4n) is 2.30. The zero-order valence-electron chi connectivity index (χ0n) is 14.9. The predicted molar refractivity (Wildman–Crippen MR) is 98.7 cm³/mol. The number of hydrogen-bond acceptors (Lipinski definition) is 3. The lowest BCUT2D eigenvalue weighted by molar-refractivity contribution is 0.0261. The van der Waals surface area contributed by atoms with Crippen molar-refractivity contribution in [1.29, 1.82) is 0 Å². The van der Waals surface area contributed by atoms with E-state index in [0.717, 1.165) is 17.4 Å². The smallest absolute Gasteiger partial charge is 0.410 e. The van der Waals surface area contributed by atoms with Gasteiger partial charge in [0.2, 0.25) is 0 Å². The van der Waals surface area contributed by atoms with Gasteiger partial charge in [-0.05, 0) is 51.8 Å². The molecule has 0 aromatic heterocycles. The van der Waals surface area contributed by atoms with Gasteiger partial charge in [-0.15, -0.1) is 0 Å². The third-order valence-electron chi connectivity index (χ3n) is 3.47. The van der Waals surface area contributed by atoms with E-state index in [1.807, 2.05) is 39.8 Å². The molecule has 0 aliphatic rings. The molecule has 0 aliphatic carbocycles. The van der Waals surface area contributed by atoms with Crippen molar-refractivity contribution in [2.24, 2.45) is 0 Å². The molecule has 0 spiro atoms. The summed E-state index contributed by atoms with van der Waals surface area (Å²) in [5.41, 5.74) is 0.794. The molecule has 0 fully saturated rings. The zero-order valence-corrected chi connectivity index (χ0v) is 16.4. The van der Waals surface area contributed by atoms with Gasteiger partial charge < -0.3 is 15.0 Å². The molecule has 130 valence electrons. The minimum atomic E-state index is -0.458. The number of likely N-dealkylation sites (N-methyl/N-ethyl adjacent to an activating group) is 1. The van der Waals surface area contributed by atoms with E-state index in [1.165, 1.54) is 5.56 Å². The molecule has 1 unspecified atom stereocenters. The second-order valence-corrected chi connectivity index (χ2v) is 7.45. The Hall–Kier alpha value is -1.07. The van der Waals surface area contributed by atoms with Crippen molar-refractivity contribution in [3.05, 3.63) is 34.3 Å². The molecule has 5 heteroatoms. The van der Waals surface area contributed by atoms with Gasteiger partial charge in [0.25, 0.3) is 0 Å². The van der Waals surface area contributed by atoms with Crippen LogP contribution in [0.5, 0.6) is 0 Å². The third-order valence-corrected chi connectivity index (χ3v) is 3.96. The number of hydrogen-bond donors (Lipinski definition) is 1. The van der Waals surface area contributed by atoms with Gasteiger partial charge in [0, 0.05) is 30.1 Å². The maximum atomic E-state index is 12.1. The van der Waals surface area contributed by atoms with E-state index in [9.17, 15) is 4.79 Å². The number of rotatable bonds is 7. The van der Waals surface area contributed by atoms with Crippen LogP contribution in [0.25, 0.3) is 0 Å². The largest absolute Gasteiger partial charge is 0.444 e. The third kappa shape index (κ3) is 7.36. The number of carbonyl (C=O) groups excluding carboxylic acids is 1. The van der Waals surface area contributed by atoms with Crippen LogP contribution in [0.1, 0.15) is 52.6 Å². The molecule has 23 heavy (non-hydrogen) atoms. The Bertz CT molecular complexity index is 500. The van der Waals surface area contributed by atoms with Gasteiger partial charge in [0.1, 0.15) is 5.60 Å². The van der Waals surface area contributed by atoms with Crippen LogP contribution in [0.4, 0.5) is 4.79 Å². The van der Waals surface area contributed by atoms with Crippen LogP contribution in [0.2, 0.25) is 0 Å². The maximum Gasteiger partial charge on any atom is 0.410 e. The van der Waals surface area contributed by atoms with Gasteiger partial charge in [-0.25, -0.2) is 4.79 Å². The Kier molecular flexibility index (Phi) is 8.06. The van der Waals surface area contributed by atoms with Gasteiger partial charge >= 0.3 is 6.09 Å². The predicted octanol–water partition coefficient (Wildman–Crippen LogP) is 4.75. The standard InChI is InChI=1S/C18H29BrN2O2/c1-6-16(14-9-8-10-15(19)13-14)20-11-12-21(7-2)17(22)23-18(3,4)5/h8-10,13,16,20H,6-7,11-12H2,1-5H3. The molecule has 0 aliphatic heterocycles. The number of ether oxygens (including phenoxy) is 1. The Balaban J connectivity index is 2.53. The first-order valence-electron chi connectivity index (χ1n) is 8.23. The lowest BCUT2D eigenvalue weighted by Crippen LogP contribution is -2.40. The summed E-state index contributed by atoms with van der Waals surface area (Å²) in [7, 11) is 0. The normalized spacial score (nSPS) is 12.8. The van der Waals surface area contributed by atoms with Crippen LogP contribution in [-0.4, -0.2) is 36.2 Å². The number of benzene rings is 1. The summed E-state index contributed by atoms with van der Waals surface area (Å²) in [4.78, 5) is 13.8. The highest BCUT2D eigenvalue weighted by molar-refractivity contribution is 9.10. The first-order valence-corrected chi connectivity index (χ1v) is 9.03. The summed E-state index contributed by atoms with van der Waals surface area (Å²) >= 11 is 3.51. The van der Waals surface area contributed by atoms with Gasteiger partial charge in [-0.2, -0.15) is 0 Å². The number of carbonyl (C=O) groups is 1. The highest BCUT2D eigenvalue weighted by Crippen LogP contribution is 2.20. The van der Waals surface area contributed by atoms with Crippen molar-refractivity contribution < 1.29 is 9.53 Å². The van der Waals surface area contributed by atoms with Gasteiger partial charge in [0.15, 0.2) is 0 Å². The Morgan fingerprint density at radius 1 is 1.35 bits per heavy atom. The van der Waals surface area contributed by atoms with Crippen LogP contribution < -0.4 is 5.32 Å². The molecular formula is C18H29BrN2O2. The van der Waals surface area contributed by atoms with Crippen LogP contribution in [0.15, 0.2) is 28.7 Å². The summed E-state index contributed by atoms with van der Waals surface area (Å²) in [5.74, 6) is 0. The Morgan fingerprint density at radius 3 is 2.57 bits per heavy atom. The maximum absolute atomic E-state index is 12.1. The molecule has 0 heterocycles. The van der Waals surface area contributed by atoms with E-state index in [0.29, 0.717) is 13.1 Å². The number of amides is 1. The van der Waals surface area contributed by atoms with E-state index in [4.69, 9.17) is 4.74 Å².